The second-order valence-corrected chi connectivity index (χ2v) is 8.53. The zero-order chi connectivity index (χ0) is 20.6. The van der Waals surface area contributed by atoms with Gasteiger partial charge in [-0.1, -0.05) is 30.3 Å². The summed E-state index contributed by atoms with van der Waals surface area (Å²) in [6, 6.07) is 15.6. The van der Waals surface area contributed by atoms with Gasteiger partial charge < -0.3 is 16.0 Å². The number of sulfone groups is 1. The highest BCUT2D eigenvalue weighted by Gasteiger charge is 2.16. The topological polar surface area (TPSA) is 131 Å². The van der Waals surface area contributed by atoms with Crippen molar-refractivity contribution >= 4 is 38.3 Å². The average Bonchev–Trinajstić information content (AvgIpc) is 3.10. The number of nitrogens with two attached hydrogens (primary N) is 1. The second-order valence-electron chi connectivity index (χ2n) is 6.51. The molecular formula is C20H17N5O3S. The van der Waals surface area contributed by atoms with E-state index < -0.39 is 15.7 Å². The monoisotopic (exact) mass is 407 g/mol. The van der Waals surface area contributed by atoms with Gasteiger partial charge in [0, 0.05) is 22.7 Å². The molecule has 0 radical (unpaired) electrons. The van der Waals surface area contributed by atoms with Crippen molar-refractivity contribution in [3.05, 3.63) is 66.5 Å². The first-order valence-electron chi connectivity index (χ1n) is 8.63. The highest BCUT2D eigenvalue weighted by molar-refractivity contribution is 7.90. The lowest BCUT2D eigenvalue weighted by molar-refractivity contribution is 0.102. The van der Waals surface area contributed by atoms with Gasteiger partial charge in [0.05, 0.1) is 16.8 Å². The number of hydrogen-bond acceptors (Lipinski definition) is 6. The zero-order valence-corrected chi connectivity index (χ0v) is 16.2. The van der Waals surface area contributed by atoms with E-state index in [1.54, 1.807) is 12.1 Å². The number of rotatable bonds is 4. The lowest BCUT2D eigenvalue weighted by atomic mass is 10.1. The van der Waals surface area contributed by atoms with E-state index in [4.69, 9.17) is 5.73 Å². The molecule has 0 aliphatic carbocycles. The van der Waals surface area contributed by atoms with E-state index in [0.717, 1.165) is 17.2 Å². The average molecular weight is 407 g/mol. The van der Waals surface area contributed by atoms with Gasteiger partial charge in [0.2, 0.25) is 0 Å². The molecule has 0 fully saturated rings. The third-order valence-electron chi connectivity index (χ3n) is 4.37. The number of nitrogens with one attached hydrogen (secondary N) is 2. The first-order valence-corrected chi connectivity index (χ1v) is 10.5. The number of para-hydroxylation sites is 1. The van der Waals surface area contributed by atoms with Crippen molar-refractivity contribution < 1.29 is 13.2 Å². The molecule has 0 bridgehead atoms. The van der Waals surface area contributed by atoms with E-state index >= 15 is 0 Å². The van der Waals surface area contributed by atoms with E-state index in [-0.39, 0.29) is 16.4 Å². The van der Waals surface area contributed by atoms with Crippen molar-refractivity contribution in [1.82, 2.24) is 15.0 Å². The molecule has 0 atom stereocenters. The maximum Gasteiger partial charge on any atom is 0.279 e. The van der Waals surface area contributed by atoms with Crippen molar-refractivity contribution in [2.24, 2.45) is 0 Å². The first-order chi connectivity index (χ1) is 13.8. The van der Waals surface area contributed by atoms with Crippen molar-refractivity contribution in [3.63, 3.8) is 0 Å². The lowest BCUT2D eigenvalue weighted by Gasteiger charge is -2.08. The third kappa shape index (κ3) is 3.81. The fourth-order valence-corrected chi connectivity index (χ4v) is 3.53. The normalized spacial score (nSPS) is 11.5. The summed E-state index contributed by atoms with van der Waals surface area (Å²) in [6.45, 7) is 0. The van der Waals surface area contributed by atoms with Crippen LogP contribution < -0.4 is 11.1 Å². The lowest BCUT2D eigenvalue weighted by Crippen LogP contribution is -2.17. The van der Waals surface area contributed by atoms with Gasteiger partial charge in [-0.15, -0.1) is 0 Å². The molecule has 9 heteroatoms. The Kier molecular flexibility index (Phi) is 4.51. The molecule has 2 aromatic carbocycles. The van der Waals surface area contributed by atoms with Gasteiger partial charge in [0.15, 0.2) is 21.3 Å². The van der Waals surface area contributed by atoms with E-state index in [0.29, 0.717) is 17.1 Å². The van der Waals surface area contributed by atoms with Gasteiger partial charge in [-0.3, -0.25) is 4.79 Å². The van der Waals surface area contributed by atoms with Gasteiger partial charge in [0.1, 0.15) is 5.82 Å². The summed E-state index contributed by atoms with van der Waals surface area (Å²) in [7, 11) is -3.30. The number of fused-ring (bicyclic) bond motifs is 1. The van der Waals surface area contributed by atoms with Crippen molar-refractivity contribution in [2.75, 3.05) is 17.3 Å². The maximum absolute atomic E-state index is 12.7. The van der Waals surface area contributed by atoms with Crippen LogP contribution in [-0.2, 0) is 9.84 Å². The summed E-state index contributed by atoms with van der Waals surface area (Å²) >= 11 is 0. The number of carbonyl (C=O) groups excluding carboxylic acids is 1. The number of nitrogens with zero attached hydrogens (tertiary/aromatic N) is 2. The van der Waals surface area contributed by atoms with Crippen LogP contribution in [0.15, 0.2) is 65.7 Å². The molecule has 0 aliphatic rings. The number of aromatic nitrogens is 3. The number of amides is 1. The number of nitrogen functional groups attached to an aromatic ring is 1. The standard InChI is InChI=1S/C20H17N5O3S/c1-29(27,28)14-8-6-12(7-9-14)16-11-22-19(21)18(24-16)20(26)25-17-10-13-4-2-3-5-15(13)23-17/h2-11,23H,1H3,(H2,21,22)(H,25,26). The Hall–Kier alpha value is -3.72. The molecule has 8 nitrogen and oxygen atoms in total. The minimum atomic E-state index is -3.30. The van der Waals surface area contributed by atoms with Gasteiger partial charge >= 0.3 is 0 Å². The van der Waals surface area contributed by atoms with Crippen LogP contribution in [-0.4, -0.2) is 35.5 Å². The molecule has 2 heterocycles. The fourth-order valence-electron chi connectivity index (χ4n) is 2.90. The molecule has 2 aromatic heterocycles. The Morgan fingerprint density at radius 1 is 1.10 bits per heavy atom. The summed E-state index contributed by atoms with van der Waals surface area (Å²) in [4.78, 5) is 24.4. The molecule has 0 aliphatic heterocycles. The van der Waals surface area contributed by atoms with E-state index in [1.165, 1.54) is 18.3 Å². The van der Waals surface area contributed by atoms with E-state index in [2.05, 4.69) is 20.3 Å². The SMILES string of the molecule is CS(=O)(=O)c1ccc(-c2cnc(N)c(C(=O)Nc3cc4ccccc4[nH]3)n2)cc1. The summed E-state index contributed by atoms with van der Waals surface area (Å²) in [5.41, 5.74) is 7.74. The predicted molar refractivity (Wildman–Crippen MR) is 111 cm³/mol. The third-order valence-corrected chi connectivity index (χ3v) is 5.50. The van der Waals surface area contributed by atoms with Gasteiger partial charge in [-0.05, 0) is 24.3 Å². The zero-order valence-electron chi connectivity index (χ0n) is 15.4. The predicted octanol–water partition coefficient (Wildman–Crippen LogP) is 2.86. The number of carbonyl (C=O) groups is 1. The molecule has 0 spiro atoms. The van der Waals surface area contributed by atoms with Crippen LogP contribution in [0.4, 0.5) is 11.6 Å². The molecule has 1 amide bonds. The number of benzene rings is 2. The highest BCUT2D eigenvalue weighted by Crippen LogP contribution is 2.22. The van der Waals surface area contributed by atoms with Gasteiger partial charge in [-0.25, -0.2) is 18.4 Å². The van der Waals surface area contributed by atoms with E-state index in [9.17, 15) is 13.2 Å². The molecule has 29 heavy (non-hydrogen) atoms. The molecule has 4 N–H and O–H groups in total. The Balaban J connectivity index is 1.63. The summed E-state index contributed by atoms with van der Waals surface area (Å²) < 4.78 is 23.2. The quantitative estimate of drug-likeness (QED) is 0.477. The van der Waals surface area contributed by atoms with Crippen LogP contribution in [0.5, 0.6) is 0 Å². The van der Waals surface area contributed by atoms with Gasteiger partial charge in [0.25, 0.3) is 5.91 Å². The Bertz CT molecular complexity index is 1300. The molecular weight excluding hydrogens is 390 g/mol. The van der Waals surface area contributed by atoms with Crippen LogP contribution in [0.3, 0.4) is 0 Å². The summed E-state index contributed by atoms with van der Waals surface area (Å²) in [5, 5.41) is 3.70. The van der Waals surface area contributed by atoms with Crippen molar-refractivity contribution in [3.8, 4) is 11.3 Å². The minimum Gasteiger partial charge on any atom is -0.382 e. The number of hydrogen-bond donors (Lipinski definition) is 3. The Morgan fingerprint density at radius 2 is 1.83 bits per heavy atom. The van der Waals surface area contributed by atoms with Crippen LogP contribution >= 0.6 is 0 Å². The molecule has 0 unspecified atom stereocenters. The molecule has 4 aromatic rings. The Labute approximate surface area is 166 Å². The highest BCUT2D eigenvalue weighted by atomic mass is 32.2. The van der Waals surface area contributed by atoms with Gasteiger partial charge in [-0.2, -0.15) is 0 Å². The number of aromatic amines is 1. The summed E-state index contributed by atoms with van der Waals surface area (Å²) in [6.07, 6.45) is 2.57. The van der Waals surface area contributed by atoms with Crippen LogP contribution in [0.1, 0.15) is 10.5 Å². The molecule has 4 rings (SSSR count). The fraction of sp³-hybridized carbons (Fsp3) is 0.0500. The maximum atomic E-state index is 12.7. The van der Waals surface area contributed by atoms with E-state index in [1.807, 2.05) is 30.3 Å². The minimum absolute atomic E-state index is 0.00452. The number of H-pyrrole nitrogens is 1. The first kappa shape index (κ1) is 18.6. The summed E-state index contributed by atoms with van der Waals surface area (Å²) in [5.74, 6) is 0.00610. The largest absolute Gasteiger partial charge is 0.382 e. The molecule has 0 saturated carbocycles. The van der Waals surface area contributed by atoms with Crippen LogP contribution in [0, 0.1) is 0 Å². The molecule has 146 valence electrons. The number of anilines is 2. The second kappa shape index (κ2) is 7.02. The molecule has 0 saturated heterocycles. The Morgan fingerprint density at radius 3 is 2.52 bits per heavy atom. The smallest absolute Gasteiger partial charge is 0.279 e. The van der Waals surface area contributed by atoms with Crippen molar-refractivity contribution in [1.29, 1.82) is 0 Å². The van der Waals surface area contributed by atoms with Crippen LogP contribution in [0.25, 0.3) is 22.2 Å². The van der Waals surface area contributed by atoms with Crippen molar-refractivity contribution in [2.45, 2.75) is 4.90 Å². The van der Waals surface area contributed by atoms with Crippen LogP contribution in [0.2, 0.25) is 0 Å².